The van der Waals surface area contributed by atoms with Crippen LogP contribution in [0.25, 0.3) is 6.08 Å². The Hall–Kier alpha value is -2.40. The van der Waals surface area contributed by atoms with Crippen molar-refractivity contribution < 1.29 is 4.79 Å². The van der Waals surface area contributed by atoms with Crippen molar-refractivity contribution in [2.45, 2.75) is 38.1 Å². The number of pyridine rings is 1. The molecule has 5 heteroatoms. The molecular formula is C21H21N3OS. The molecule has 1 saturated heterocycles. The third kappa shape index (κ3) is 3.73. The Morgan fingerprint density at radius 1 is 1.04 bits per heavy atom. The fraction of sp³-hybridized carbons (Fsp3) is 0.286. The number of carbonyl (C=O) groups is 1. The monoisotopic (exact) mass is 363 g/mol. The third-order valence-corrected chi connectivity index (χ3v) is 5.72. The minimum Gasteiger partial charge on any atom is -0.283 e. The van der Waals surface area contributed by atoms with E-state index < -0.39 is 0 Å². The summed E-state index contributed by atoms with van der Waals surface area (Å²) in [5, 5.41) is 0.753. The molecule has 1 amide bonds. The summed E-state index contributed by atoms with van der Waals surface area (Å²) in [6.45, 7) is 0. The van der Waals surface area contributed by atoms with E-state index in [1.54, 1.807) is 6.20 Å². The molecule has 1 saturated carbocycles. The van der Waals surface area contributed by atoms with Crippen LogP contribution >= 0.6 is 11.8 Å². The molecule has 2 aliphatic rings. The molecule has 0 spiro atoms. The summed E-state index contributed by atoms with van der Waals surface area (Å²) in [5.41, 5.74) is 1.03. The summed E-state index contributed by atoms with van der Waals surface area (Å²) in [7, 11) is 0. The third-order valence-electron chi connectivity index (χ3n) is 4.73. The number of rotatable bonds is 3. The average Bonchev–Trinajstić information content (AvgIpc) is 2.99. The van der Waals surface area contributed by atoms with Crippen LogP contribution in [0.1, 0.15) is 37.7 Å². The van der Waals surface area contributed by atoms with Gasteiger partial charge in [-0.25, -0.2) is 9.98 Å². The smallest absolute Gasteiger partial charge is 0.267 e. The first-order chi connectivity index (χ1) is 12.8. The van der Waals surface area contributed by atoms with E-state index >= 15 is 0 Å². The molecule has 0 bridgehead atoms. The van der Waals surface area contributed by atoms with E-state index in [4.69, 9.17) is 0 Å². The van der Waals surface area contributed by atoms with Gasteiger partial charge in [0.2, 0.25) is 0 Å². The summed E-state index contributed by atoms with van der Waals surface area (Å²) in [4.78, 5) is 24.8. The van der Waals surface area contributed by atoms with Gasteiger partial charge in [-0.15, -0.1) is 0 Å². The summed E-state index contributed by atoms with van der Waals surface area (Å²) in [5.74, 6) is 0.713. The second-order valence-electron chi connectivity index (χ2n) is 6.57. The maximum Gasteiger partial charge on any atom is 0.267 e. The van der Waals surface area contributed by atoms with Crippen LogP contribution in [0.2, 0.25) is 0 Å². The molecule has 0 unspecified atom stereocenters. The number of thioether (sulfide) groups is 1. The van der Waals surface area contributed by atoms with Gasteiger partial charge in [-0.05, 0) is 48.4 Å². The molecule has 2 heterocycles. The highest BCUT2D eigenvalue weighted by Crippen LogP contribution is 2.38. The standard InChI is InChI=1S/C21H21N3OS/c25-20-18(15-16-9-3-1-4-10-16)26-21(23-19-13-7-8-14-22-19)24(20)17-11-5-2-6-12-17/h1,3-4,7-10,13-15,17H,2,5-6,11-12H2/b18-15-,23-21+. The van der Waals surface area contributed by atoms with Crippen molar-refractivity contribution in [3.63, 3.8) is 0 Å². The molecule has 4 nitrogen and oxygen atoms in total. The molecule has 0 radical (unpaired) electrons. The molecular weight excluding hydrogens is 342 g/mol. The number of hydrogen-bond donors (Lipinski definition) is 0. The lowest BCUT2D eigenvalue weighted by molar-refractivity contribution is -0.124. The highest BCUT2D eigenvalue weighted by molar-refractivity contribution is 8.18. The van der Waals surface area contributed by atoms with E-state index in [0.29, 0.717) is 5.82 Å². The van der Waals surface area contributed by atoms with Gasteiger partial charge in [-0.3, -0.25) is 9.69 Å². The largest absolute Gasteiger partial charge is 0.283 e. The molecule has 4 rings (SSSR count). The Bertz CT molecular complexity index is 827. The zero-order valence-corrected chi connectivity index (χ0v) is 15.4. The molecule has 2 fully saturated rings. The Morgan fingerprint density at radius 2 is 1.81 bits per heavy atom. The summed E-state index contributed by atoms with van der Waals surface area (Å²) >= 11 is 1.46. The van der Waals surface area contributed by atoms with Crippen LogP contribution in [-0.2, 0) is 4.79 Å². The number of aliphatic imine (C=N–C) groups is 1. The first-order valence-electron chi connectivity index (χ1n) is 9.09. The van der Waals surface area contributed by atoms with Crippen molar-refractivity contribution in [3.8, 4) is 0 Å². The Labute approximate surface area is 158 Å². The van der Waals surface area contributed by atoms with Crippen molar-refractivity contribution >= 4 is 34.7 Å². The van der Waals surface area contributed by atoms with E-state index in [9.17, 15) is 4.79 Å². The molecule has 26 heavy (non-hydrogen) atoms. The Kier molecular flexibility index (Phi) is 5.16. The van der Waals surface area contributed by atoms with Crippen molar-refractivity contribution in [2.75, 3.05) is 0 Å². The number of amides is 1. The highest BCUT2D eigenvalue weighted by atomic mass is 32.2. The first-order valence-corrected chi connectivity index (χ1v) is 9.91. The van der Waals surface area contributed by atoms with Gasteiger partial charge >= 0.3 is 0 Å². The van der Waals surface area contributed by atoms with Crippen LogP contribution in [-0.4, -0.2) is 27.0 Å². The minimum absolute atomic E-state index is 0.0698. The highest BCUT2D eigenvalue weighted by Gasteiger charge is 2.38. The second kappa shape index (κ2) is 7.87. The molecule has 1 aliphatic carbocycles. The van der Waals surface area contributed by atoms with Crippen molar-refractivity contribution in [3.05, 3.63) is 65.2 Å². The molecule has 1 aromatic carbocycles. The number of amidine groups is 1. The lowest BCUT2D eigenvalue weighted by atomic mass is 9.94. The fourth-order valence-electron chi connectivity index (χ4n) is 3.44. The molecule has 132 valence electrons. The van der Waals surface area contributed by atoms with Gasteiger partial charge in [-0.2, -0.15) is 0 Å². The van der Waals surface area contributed by atoms with E-state index in [0.717, 1.165) is 28.5 Å². The summed E-state index contributed by atoms with van der Waals surface area (Å²) < 4.78 is 0. The quantitative estimate of drug-likeness (QED) is 0.720. The van der Waals surface area contributed by atoms with Crippen LogP contribution in [0.5, 0.6) is 0 Å². The molecule has 1 aromatic heterocycles. The van der Waals surface area contributed by atoms with Gasteiger partial charge in [0.15, 0.2) is 11.0 Å². The van der Waals surface area contributed by atoms with Gasteiger partial charge in [0.25, 0.3) is 5.91 Å². The molecule has 1 aliphatic heterocycles. The second-order valence-corrected chi connectivity index (χ2v) is 7.58. The molecule has 0 atom stereocenters. The zero-order valence-electron chi connectivity index (χ0n) is 14.5. The maximum absolute atomic E-state index is 13.1. The van der Waals surface area contributed by atoms with Crippen molar-refractivity contribution in [1.82, 2.24) is 9.88 Å². The van der Waals surface area contributed by atoms with Crippen LogP contribution in [0.3, 0.4) is 0 Å². The van der Waals surface area contributed by atoms with Crippen LogP contribution in [0, 0.1) is 0 Å². The first kappa shape index (κ1) is 17.0. The summed E-state index contributed by atoms with van der Waals surface area (Å²) in [6, 6.07) is 15.9. The minimum atomic E-state index is 0.0698. The van der Waals surface area contributed by atoms with E-state index in [1.165, 1.54) is 31.0 Å². The summed E-state index contributed by atoms with van der Waals surface area (Å²) in [6.07, 6.45) is 9.39. The normalized spacial score (nSPS) is 21.7. The Morgan fingerprint density at radius 3 is 2.54 bits per heavy atom. The lowest BCUT2D eigenvalue weighted by Crippen LogP contribution is -2.40. The van der Waals surface area contributed by atoms with Crippen LogP contribution in [0.4, 0.5) is 5.82 Å². The predicted molar refractivity (Wildman–Crippen MR) is 107 cm³/mol. The van der Waals surface area contributed by atoms with Gasteiger partial charge in [0, 0.05) is 12.2 Å². The number of carbonyl (C=O) groups excluding carboxylic acids is 1. The van der Waals surface area contributed by atoms with Gasteiger partial charge in [0.05, 0.1) is 4.91 Å². The number of benzene rings is 1. The van der Waals surface area contributed by atoms with Gasteiger partial charge in [-0.1, -0.05) is 55.7 Å². The zero-order chi connectivity index (χ0) is 17.8. The van der Waals surface area contributed by atoms with Gasteiger partial charge in [0.1, 0.15) is 0 Å². The van der Waals surface area contributed by atoms with E-state index in [2.05, 4.69) is 9.98 Å². The number of aromatic nitrogens is 1. The SMILES string of the molecule is O=C1/C(=C/c2ccccc2)S/C(=N/c2ccccn2)N1C1CCCCC1. The average molecular weight is 363 g/mol. The number of hydrogen-bond acceptors (Lipinski definition) is 4. The van der Waals surface area contributed by atoms with Crippen LogP contribution in [0.15, 0.2) is 64.6 Å². The molecule has 2 aromatic rings. The lowest BCUT2D eigenvalue weighted by Gasteiger charge is -2.30. The molecule has 0 N–H and O–H groups in total. The Balaban J connectivity index is 1.69. The fourth-order valence-corrected chi connectivity index (χ4v) is 4.49. The van der Waals surface area contributed by atoms with E-state index in [-0.39, 0.29) is 11.9 Å². The topological polar surface area (TPSA) is 45.6 Å². The predicted octanol–water partition coefficient (Wildman–Crippen LogP) is 5.02. The van der Waals surface area contributed by atoms with Gasteiger partial charge < -0.3 is 0 Å². The van der Waals surface area contributed by atoms with E-state index in [1.807, 2.05) is 59.5 Å². The maximum atomic E-state index is 13.1. The van der Waals surface area contributed by atoms with Crippen LogP contribution < -0.4 is 0 Å². The number of nitrogens with zero attached hydrogens (tertiary/aromatic N) is 3. The van der Waals surface area contributed by atoms with Crippen molar-refractivity contribution in [2.24, 2.45) is 4.99 Å². The van der Waals surface area contributed by atoms with Crippen molar-refractivity contribution in [1.29, 1.82) is 0 Å².